The smallest absolute Gasteiger partial charge is 0.284 e. The number of aromatic nitrogens is 1. The average Bonchev–Trinajstić information content (AvgIpc) is 3.16. The van der Waals surface area contributed by atoms with Crippen LogP contribution in [0.1, 0.15) is 23.5 Å². The van der Waals surface area contributed by atoms with Gasteiger partial charge in [-0.3, -0.25) is 4.79 Å². The summed E-state index contributed by atoms with van der Waals surface area (Å²) in [6.07, 6.45) is 1.70. The zero-order valence-corrected chi connectivity index (χ0v) is 16.2. The summed E-state index contributed by atoms with van der Waals surface area (Å²) in [7, 11) is -1.97. The number of amides is 1. The Balaban J connectivity index is 1.74. The van der Waals surface area contributed by atoms with Crippen LogP contribution in [-0.2, 0) is 21.2 Å². The normalized spacial score (nSPS) is 16.2. The van der Waals surface area contributed by atoms with Crippen molar-refractivity contribution in [2.24, 2.45) is 4.40 Å². The number of carbonyl (C=O) groups excluding carboxylic acids is 1. The summed E-state index contributed by atoms with van der Waals surface area (Å²) in [5.41, 5.74) is 1.12. The van der Waals surface area contributed by atoms with E-state index in [2.05, 4.69) is 14.7 Å². The van der Waals surface area contributed by atoms with Crippen LogP contribution in [0.4, 0.5) is 5.69 Å². The van der Waals surface area contributed by atoms with E-state index < -0.39 is 10.0 Å². The summed E-state index contributed by atoms with van der Waals surface area (Å²) >= 11 is 1.48. The molecule has 2 aromatic rings. The van der Waals surface area contributed by atoms with E-state index in [1.807, 2.05) is 24.3 Å². The number of benzene rings is 1. The van der Waals surface area contributed by atoms with Gasteiger partial charge in [0.2, 0.25) is 5.91 Å². The molecule has 0 aliphatic carbocycles. The second kappa shape index (κ2) is 7.55. The number of likely N-dealkylation sites (tertiary alicyclic amines) is 1. The van der Waals surface area contributed by atoms with Gasteiger partial charge < -0.3 is 10.2 Å². The first kappa shape index (κ1) is 18.5. The molecular weight excluding hydrogens is 372 g/mol. The zero-order chi connectivity index (χ0) is 18.7. The van der Waals surface area contributed by atoms with E-state index in [1.165, 1.54) is 23.5 Å². The fourth-order valence-electron chi connectivity index (χ4n) is 2.69. The largest absolute Gasteiger partial charge is 0.362 e. The second-order valence-corrected chi connectivity index (χ2v) is 8.78. The predicted octanol–water partition coefficient (Wildman–Crippen LogP) is 2.45. The Labute approximate surface area is 156 Å². The quantitative estimate of drug-likeness (QED) is 0.844. The Morgan fingerprint density at radius 2 is 2.23 bits per heavy atom. The number of anilines is 1. The summed E-state index contributed by atoms with van der Waals surface area (Å²) in [5.74, 6) is 0.324. The molecular formula is C17H20N4O3S2. The summed E-state index contributed by atoms with van der Waals surface area (Å²) in [6.45, 7) is 2.68. The van der Waals surface area contributed by atoms with Gasteiger partial charge in [-0.1, -0.05) is 6.07 Å². The molecule has 1 aromatic heterocycles. The highest BCUT2D eigenvalue weighted by molar-refractivity contribution is 7.90. The van der Waals surface area contributed by atoms with Gasteiger partial charge in [-0.25, -0.2) is 4.98 Å². The van der Waals surface area contributed by atoms with Crippen LogP contribution in [0, 0.1) is 6.92 Å². The predicted molar refractivity (Wildman–Crippen MR) is 102 cm³/mol. The average molecular weight is 393 g/mol. The number of nitrogens with one attached hydrogen (secondary N) is 1. The molecule has 3 rings (SSSR count). The lowest BCUT2D eigenvalue weighted by Gasteiger charge is -2.11. The first-order chi connectivity index (χ1) is 12.3. The summed E-state index contributed by atoms with van der Waals surface area (Å²) in [6, 6.07) is 6.15. The molecule has 0 bridgehead atoms. The van der Waals surface area contributed by atoms with Crippen LogP contribution in [-0.4, -0.2) is 43.6 Å². The van der Waals surface area contributed by atoms with E-state index in [0.717, 1.165) is 18.0 Å². The van der Waals surface area contributed by atoms with Gasteiger partial charge in [0.15, 0.2) is 0 Å². The van der Waals surface area contributed by atoms with Gasteiger partial charge in [0.25, 0.3) is 10.0 Å². The molecule has 0 atom stereocenters. The van der Waals surface area contributed by atoms with Crippen molar-refractivity contribution in [1.29, 1.82) is 0 Å². The molecule has 7 nitrogen and oxygen atoms in total. The van der Waals surface area contributed by atoms with Crippen molar-refractivity contribution in [2.45, 2.75) is 31.1 Å². The van der Waals surface area contributed by atoms with Gasteiger partial charge in [0, 0.05) is 31.1 Å². The Kier molecular flexibility index (Phi) is 5.38. The fourth-order valence-corrected chi connectivity index (χ4v) is 4.45. The van der Waals surface area contributed by atoms with Crippen LogP contribution >= 0.6 is 11.3 Å². The molecule has 0 radical (unpaired) electrons. The highest BCUT2D eigenvalue weighted by Crippen LogP contribution is 2.20. The van der Waals surface area contributed by atoms with Gasteiger partial charge in [0.05, 0.1) is 22.0 Å². The third kappa shape index (κ3) is 4.47. The Bertz CT molecular complexity index is 950. The van der Waals surface area contributed by atoms with Gasteiger partial charge in [-0.2, -0.15) is 8.42 Å². The zero-order valence-electron chi connectivity index (χ0n) is 14.6. The molecule has 1 aromatic carbocycles. The lowest BCUT2D eigenvalue weighted by Crippen LogP contribution is -2.20. The van der Waals surface area contributed by atoms with Crippen LogP contribution in [0.5, 0.6) is 0 Å². The van der Waals surface area contributed by atoms with Gasteiger partial charge in [-0.15, -0.1) is 15.7 Å². The molecule has 1 aliphatic heterocycles. The number of nitrogens with zero attached hydrogens (tertiary/aromatic N) is 3. The number of rotatable bonds is 5. The maximum Gasteiger partial charge on any atom is 0.284 e. The van der Waals surface area contributed by atoms with Crippen molar-refractivity contribution in [2.75, 3.05) is 18.9 Å². The molecule has 1 aliphatic rings. The number of aryl methyl sites for hydroxylation is 1. The maximum absolute atomic E-state index is 12.5. The third-order valence-electron chi connectivity index (χ3n) is 3.98. The lowest BCUT2D eigenvalue weighted by atomic mass is 10.3. The molecule has 9 heteroatoms. The van der Waals surface area contributed by atoms with Crippen LogP contribution in [0.3, 0.4) is 0 Å². The molecule has 138 valence electrons. The summed E-state index contributed by atoms with van der Waals surface area (Å²) in [5, 5.41) is 5.45. The third-order valence-corrected chi connectivity index (χ3v) is 6.11. The Morgan fingerprint density at radius 1 is 1.42 bits per heavy atom. The molecule has 1 N–H and O–H groups in total. The monoisotopic (exact) mass is 392 g/mol. The molecule has 1 fully saturated rings. The Hall–Kier alpha value is -2.26. The van der Waals surface area contributed by atoms with Crippen molar-refractivity contribution < 1.29 is 13.2 Å². The van der Waals surface area contributed by atoms with Crippen LogP contribution in [0.25, 0.3) is 0 Å². The second-order valence-electron chi connectivity index (χ2n) is 6.12. The van der Waals surface area contributed by atoms with E-state index in [1.54, 1.807) is 12.1 Å². The molecule has 2 heterocycles. The molecule has 0 saturated carbocycles. The van der Waals surface area contributed by atoms with Crippen LogP contribution in [0.2, 0.25) is 0 Å². The number of hydrogen-bond acceptors (Lipinski definition) is 5. The Morgan fingerprint density at radius 3 is 2.88 bits per heavy atom. The maximum atomic E-state index is 12.5. The van der Waals surface area contributed by atoms with Gasteiger partial charge in [-0.05, 0) is 31.5 Å². The van der Waals surface area contributed by atoms with Crippen molar-refractivity contribution in [3.8, 4) is 0 Å². The van der Waals surface area contributed by atoms with Gasteiger partial charge in [0.1, 0.15) is 5.84 Å². The summed E-state index contributed by atoms with van der Waals surface area (Å²) in [4.78, 5) is 18.3. The number of hydrogen-bond donors (Lipinski definition) is 1. The minimum absolute atomic E-state index is 0.0626. The van der Waals surface area contributed by atoms with Crippen molar-refractivity contribution >= 4 is 38.8 Å². The number of carbonyl (C=O) groups is 1. The molecule has 26 heavy (non-hydrogen) atoms. The summed E-state index contributed by atoms with van der Waals surface area (Å²) < 4.78 is 29.0. The van der Waals surface area contributed by atoms with Crippen LogP contribution < -0.4 is 5.32 Å². The first-order valence-electron chi connectivity index (χ1n) is 8.19. The topological polar surface area (TPSA) is 91.7 Å². The number of amidine groups is 1. The number of thiazole rings is 1. The minimum atomic E-state index is -3.81. The highest BCUT2D eigenvalue weighted by Gasteiger charge is 2.20. The molecule has 1 amide bonds. The molecule has 1 saturated heterocycles. The van der Waals surface area contributed by atoms with Gasteiger partial charge >= 0.3 is 0 Å². The number of sulfonamides is 1. The standard InChI is InChI=1S/C17H20N4O3S2/c1-12-18-14(11-25-12)10-17(22)19-13-5-3-6-15(9-13)26(23,24)20-16-7-4-8-21(16)2/h3,5-6,9,11H,4,7-8,10H2,1-2H3,(H,19,22)/b20-16+. The minimum Gasteiger partial charge on any atom is -0.362 e. The lowest BCUT2D eigenvalue weighted by molar-refractivity contribution is -0.115. The van der Waals surface area contributed by atoms with E-state index >= 15 is 0 Å². The van der Waals surface area contributed by atoms with E-state index in [0.29, 0.717) is 23.6 Å². The van der Waals surface area contributed by atoms with Crippen molar-refractivity contribution in [1.82, 2.24) is 9.88 Å². The van der Waals surface area contributed by atoms with Crippen molar-refractivity contribution in [3.05, 3.63) is 40.3 Å². The van der Waals surface area contributed by atoms with Crippen LogP contribution in [0.15, 0.2) is 38.9 Å². The van der Waals surface area contributed by atoms with Crippen molar-refractivity contribution in [3.63, 3.8) is 0 Å². The van der Waals surface area contributed by atoms with E-state index in [-0.39, 0.29) is 17.2 Å². The SMILES string of the molecule is Cc1nc(CC(=O)Nc2cccc(S(=O)(=O)/N=C3\CCCN3C)c2)cs1. The molecule has 0 unspecified atom stereocenters. The highest BCUT2D eigenvalue weighted by atomic mass is 32.2. The fraction of sp³-hybridized carbons (Fsp3) is 0.353. The first-order valence-corrected chi connectivity index (χ1v) is 10.5. The molecule has 0 spiro atoms. The van der Waals surface area contributed by atoms with E-state index in [4.69, 9.17) is 0 Å². The van der Waals surface area contributed by atoms with E-state index in [9.17, 15) is 13.2 Å².